The summed E-state index contributed by atoms with van der Waals surface area (Å²) < 4.78 is 15.6. The smallest absolute Gasteiger partial charge is 0.248 e. The monoisotopic (exact) mass is 478 g/mol. The molecule has 0 fully saturated rings. The number of amides is 1. The van der Waals surface area contributed by atoms with E-state index in [2.05, 4.69) is 36.3 Å². The third-order valence-corrected chi connectivity index (χ3v) is 6.45. The fourth-order valence-corrected chi connectivity index (χ4v) is 4.43. The predicted octanol–water partition coefficient (Wildman–Crippen LogP) is 5.68. The first-order valence-electron chi connectivity index (χ1n) is 11.9. The molecule has 180 valence electrons. The summed E-state index contributed by atoms with van der Waals surface area (Å²) in [5.41, 5.74) is 6.53. The van der Waals surface area contributed by atoms with Gasteiger partial charge in [0.2, 0.25) is 5.91 Å². The second-order valence-electron chi connectivity index (χ2n) is 8.98. The lowest BCUT2D eigenvalue weighted by molar-refractivity contribution is -0.123. The molecule has 0 saturated heterocycles. The third kappa shape index (κ3) is 4.89. The fourth-order valence-electron chi connectivity index (χ4n) is 4.43. The quantitative estimate of drug-likeness (QED) is 0.327. The van der Waals surface area contributed by atoms with Crippen LogP contribution in [-0.4, -0.2) is 20.4 Å². The van der Waals surface area contributed by atoms with Gasteiger partial charge in [0.05, 0.1) is 23.3 Å². The standard InChI is InChI=1S/C30H27FN4O/c1-20-16-26-27(17-21(20)2)35(28(34-26)18-22-11-13-24(31)14-12-22)29(23-8-4-3-5-9-23)30(36)33-19-25-10-6-7-15-32-25/h3-17,29H,18-19H2,1-2H3,(H,33,36)/t29-/m1/s1. The molecule has 2 aromatic heterocycles. The van der Waals surface area contributed by atoms with Gasteiger partial charge in [-0.05, 0) is 72.5 Å². The number of benzene rings is 3. The number of fused-ring (bicyclic) bond motifs is 1. The molecule has 0 unspecified atom stereocenters. The van der Waals surface area contributed by atoms with E-state index in [9.17, 15) is 9.18 Å². The molecule has 1 atom stereocenters. The average molecular weight is 479 g/mol. The lowest BCUT2D eigenvalue weighted by atomic mass is 10.0. The Balaban J connectivity index is 1.63. The van der Waals surface area contributed by atoms with E-state index in [-0.39, 0.29) is 11.7 Å². The van der Waals surface area contributed by atoms with E-state index in [1.165, 1.54) is 12.1 Å². The molecule has 0 saturated carbocycles. The van der Waals surface area contributed by atoms with Crippen molar-refractivity contribution >= 4 is 16.9 Å². The average Bonchev–Trinajstić information content (AvgIpc) is 3.22. The van der Waals surface area contributed by atoms with Crippen LogP contribution in [0.15, 0.2) is 91.1 Å². The van der Waals surface area contributed by atoms with Crippen LogP contribution in [0.3, 0.4) is 0 Å². The van der Waals surface area contributed by atoms with Crippen molar-refractivity contribution in [2.45, 2.75) is 32.9 Å². The van der Waals surface area contributed by atoms with Gasteiger partial charge in [-0.3, -0.25) is 9.78 Å². The van der Waals surface area contributed by atoms with Crippen molar-refractivity contribution in [3.63, 3.8) is 0 Å². The summed E-state index contributed by atoms with van der Waals surface area (Å²) in [4.78, 5) is 23.1. The normalized spacial score (nSPS) is 12.0. The molecule has 5 rings (SSSR count). The summed E-state index contributed by atoms with van der Waals surface area (Å²) in [6.07, 6.45) is 2.18. The van der Waals surface area contributed by atoms with Crippen molar-refractivity contribution in [1.82, 2.24) is 19.9 Å². The molecule has 3 aromatic carbocycles. The minimum atomic E-state index is -0.641. The van der Waals surface area contributed by atoms with Gasteiger partial charge in [0.15, 0.2) is 0 Å². The number of imidazole rings is 1. The highest BCUT2D eigenvalue weighted by atomic mass is 19.1. The lowest BCUT2D eigenvalue weighted by Gasteiger charge is -2.22. The van der Waals surface area contributed by atoms with Crippen LogP contribution < -0.4 is 5.32 Å². The molecule has 0 bridgehead atoms. The Morgan fingerprint density at radius 3 is 2.39 bits per heavy atom. The molecule has 0 radical (unpaired) electrons. The first-order valence-corrected chi connectivity index (χ1v) is 11.9. The highest BCUT2D eigenvalue weighted by Crippen LogP contribution is 2.30. The maximum atomic E-state index is 13.8. The Morgan fingerprint density at radius 2 is 1.67 bits per heavy atom. The van der Waals surface area contributed by atoms with Gasteiger partial charge in [-0.1, -0.05) is 48.5 Å². The van der Waals surface area contributed by atoms with Crippen molar-refractivity contribution in [2.24, 2.45) is 0 Å². The molecular weight excluding hydrogens is 451 g/mol. The number of carbonyl (C=O) groups excluding carboxylic acids is 1. The van der Waals surface area contributed by atoms with Crippen LogP contribution in [0.2, 0.25) is 0 Å². The minimum absolute atomic E-state index is 0.148. The largest absolute Gasteiger partial charge is 0.348 e. The van der Waals surface area contributed by atoms with Crippen LogP contribution in [0.5, 0.6) is 0 Å². The van der Waals surface area contributed by atoms with Gasteiger partial charge in [0.1, 0.15) is 17.7 Å². The Kier molecular flexibility index (Phi) is 6.58. The molecule has 0 aliphatic rings. The zero-order chi connectivity index (χ0) is 25.1. The number of rotatable bonds is 7. The van der Waals surface area contributed by atoms with E-state index in [1.54, 1.807) is 18.3 Å². The molecule has 6 heteroatoms. The summed E-state index contributed by atoms with van der Waals surface area (Å²) in [6.45, 7) is 4.44. The Hall–Kier alpha value is -4.32. The molecule has 1 N–H and O–H groups in total. The maximum Gasteiger partial charge on any atom is 0.248 e. The topological polar surface area (TPSA) is 59.8 Å². The summed E-state index contributed by atoms with van der Waals surface area (Å²) in [6, 6.07) is 25.3. The van der Waals surface area contributed by atoms with Gasteiger partial charge in [0, 0.05) is 12.6 Å². The van der Waals surface area contributed by atoms with Crippen molar-refractivity contribution in [3.8, 4) is 0 Å². The van der Waals surface area contributed by atoms with Crippen LogP contribution in [0, 0.1) is 19.7 Å². The van der Waals surface area contributed by atoms with E-state index in [0.717, 1.165) is 44.8 Å². The number of hydrogen-bond acceptors (Lipinski definition) is 3. The van der Waals surface area contributed by atoms with Crippen LogP contribution in [-0.2, 0) is 17.8 Å². The molecule has 2 heterocycles. The Bertz CT molecular complexity index is 1500. The SMILES string of the molecule is Cc1cc2nc(Cc3ccc(F)cc3)n([C@@H](C(=O)NCc3ccccn3)c3ccccc3)c2cc1C. The summed E-state index contributed by atoms with van der Waals surface area (Å²) >= 11 is 0. The molecule has 36 heavy (non-hydrogen) atoms. The first kappa shape index (κ1) is 23.4. The predicted molar refractivity (Wildman–Crippen MR) is 139 cm³/mol. The number of aromatic nitrogens is 3. The van der Waals surface area contributed by atoms with E-state index < -0.39 is 6.04 Å². The molecule has 0 aliphatic carbocycles. The molecule has 0 aliphatic heterocycles. The molecular formula is C30H27FN4O. The number of halogens is 1. The number of hydrogen-bond donors (Lipinski definition) is 1. The van der Waals surface area contributed by atoms with Crippen LogP contribution in [0.4, 0.5) is 4.39 Å². The number of carbonyl (C=O) groups is 1. The van der Waals surface area contributed by atoms with Gasteiger partial charge in [-0.15, -0.1) is 0 Å². The number of nitrogens with zero attached hydrogens (tertiary/aromatic N) is 3. The zero-order valence-corrected chi connectivity index (χ0v) is 20.3. The summed E-state index contributed by atoms with van der Waals surface area (Å²) in [5, 5.41) is 3.08. The van der Waals surface area contributed by atoms with Crippen molar-refractivity contribution in [1.29, 1.82) is 0 Å². The second kappa shape index (κ2) is 10.1. The second-order valence-corrected chi connectivity index (χ2v) is 8.98. The van der Waals surface area contributed by atoms with Crippen molar-refractivity contribution in [2.75, 3.05) is 0 Å². The zero-order valence-electron chi connectivity index (χ0n) is 20.3. The van der Waals surface area contributed by atoms with Crippen LogP contribution in [0.25, 0.3) is 11.0 Å². The lowest BCUT2D eigenvalue weighted by Crippen LogP contribution is -2.34. The van der Waals surface area contributed by atoms with Gasteiger partial charge < -0.3 is 9.88 Å². The number of aryl methyl sites for hydroxylation is 2. The maximum absolute atomic E-state index is 13.8. The molecule has 5 nitrogen and oxygen atoms in total. The third-order valence-electron chi connectivity index (χ3n) is 6.45. The van der Waals surface area contributed by atoms with E-state index >= 15 is 0 Å². The molecule has 0 spiro atoms. The van der Waals surface area contributed by atoms with E-state index in [1.807, 2.05) is 53.1 Å². The molecule has 1 amide bonds. The highest BCUT2D eigenvalue weighted by Gasteiger charge is 2.27. The first-order chi connectivity index (χ1) is 17.5. The van der Waals surface area contributed by atoms with E-state index in [0.29, 0.717) is 13.0 Å². The summed E-state index contributed by atoms with van der Waals surface area (Å²) in [5.74, 6) is 0.308. The van der Waals surface area contributed by atoms with Crippen LogP contribution in [0.1, 0.15) is 39.8 Å². The van der Waals surface area contributed by atoms with Gasteiger partial charge in [-0.25, -0.2) is 9.37 Å². The Morgan fingerprint density at radius 1 is 0.944 bits per heavy atom. The molecule has 5 aromatic rings. The van der Waals surface area contributed by atoms with Crippen molar-refractivity contribution in [3.05, 3.63) is 131 Å². The highest BCUT2D eigenvalue weighted by molar-refractivity contribution is 5.87. The van der Waals surface area contributed by atoms with Gasteiger partial charge in [0.25, 0.3) is 0 Å². The number of pyridine rings is 1. The van der Waals surface area contributed by atoms with Gasteiger partial charge >= 0.3 is 0 Å². The Labute approximate surface area is 209 Å². The number of nitrogens with one attached hydrogen (secondary N) is 1. The fraction of sp³-hybridized carbons (Fsp3) is 0.167. The van der Waals surface area contributed by atoms with Crippen molar-refractivity contribution < 1.29 is 9.18 Å². The van der Waals surface area contributed by atoms with E-state index in [4.69, 9.17) is 4.98 Å². The summed E-state index contributed by atoms with van der Waals surface area (Å²) in [7, 11) is 0. The van der Waals surface area contributed by atoms with Gasteiger partial charge in [-0.2, -0.15) is 0 Å². The minimum Gasteiger partial charge on any atom is -0.348 e. The van der Waals surface area contributed by atoms with Crippen LogP contribution >= 0.6 is 0 Å².